The van der Waals surface area contributed by atoms with Crippen LogP contribution in [0.5, 0.6) is 0 Å². The van der Waals surface area contributed by atoms with Gasteiger partial charge in [0.1, 0.15) is 5.82 Å². The Kier molecular flexibility index (Phi) is 4.86. The second-order valence-electron chi connectivity index (χ2n) is 8.07. The second kappa shape index (κ2) is 7.58. The third kappa shape index (κ3) is 3.64. The topological polar surface area (TPSA) is 83.9 Å². The van der Waals surface area contributed by atoms with Gasteiger partial charge in [0.25, 0.3) is 0 Å². The fraction of sp³-hybridized carbons (Fsp3) is 0.273. The van der Waals surface area contributed by atoms with Gasteiger partial charge in [-0.15, -0.1) is 0 Å². The fourth-order valence-electron chi connectivity index (χ4n) is 4.40. The normalized spacial score (nSPS) is 19.9. The summed E-state index contributed by atoms with van der Waals surface area (Å²) in [7, 11) is -3.74. The number of nitrogens with zero attached hydrogens (tertiary/aromatic N) is 4. The molecule has 0 aliphatic carbocycles. The van der Waals surface area contributed by atoms with Crippen LogP contribution in [-0.4, -0.2) is 45.3 Å². The van der Waals surface area contributed by atoms with Crippen LogP contribution in [0.25, 0.3) is 22.0 Å². The molecule has 3 heterocycles. The minimum absolute atomic E-state index is 0.00341. The zero-order valence-corrected chi connectivity index (χ0v) is 17.8. The van der Waals surface area contributed by atoms with Crippen LogP contribution in [0.2, 0.25) is 0 Å². The third-order valence-electron chi connectivity index (χ3n) is 5.91. The average molecular weight is 440 g/mol. The van der Waals surface area contributed by atoms with Crippen molar-refractivity contribution < 1.29 is 12.8 Å². The van der Waals surface area contributed by atoms with E-state index in [9.17, 15) is 12.8 Å². The smallest absolute Gasteiger partial charge is 0.243 e. The van der Waals surface area contributed by atoms with E-state index in [0.717, 1.165) is 34.5 Å². The first kappa shape index (κ1) is 19.9. The number of hydrogen-bond donors (Lipinski definition) is 1. The largest absolute Gasteiger partial charge is 0.285 e. The summed E-state index contributed by atoms with van der Waals surface area (Å²) in [4.78, 5) is -0.00341. The highest BCUT2D eigenvalue weighted by atomic mass is 32.2. The van der Waals surface area contributed by atoms with Crippen LogP contribution in [-0.2, 0) is 16.6 Å². The summed E-state index contributed by atoms with van der Waals surface area (Å²) in [5.41, 5.74) is 3.08. The summed E-state index contributed by atoms with van der Waals surface area (Å²) in [6.45, 7) is 2.90. The van der Waals surface area contributed by atoms with Crippen molar-refractivity contribution >= 4 is 20.9 Å². The molecule has 5 rings (SSSR count). The van der Waals surface area contributed by atoms with Crippen LogP contribution >= 0.6 is 0 Å². The second-order valence-corrected chi connectivity index (χ2v) is 9.96. The fourth-order valence-corrected chi connectivity index (χ4v) is 6.15. The van der Waals surface area contributed by atoms with Crippen LogP contribution in [0.4, 0.5) is 4.39 Å². The van der Waals surface area contributed by atoms with Crippen molar-refractivity contribution in [2.75, 3.05) is 6.54 Å². The van der Waals surface area contributed by atoms with Crippen molar-refractivity contribution in [3.05, 3.63) is 66.9 Å². The number of H-pyrrole nitrogens is 1. The van der Waals surface area contributed by atoms with E-state index in [0.29, 0.717) is 13.1 Å². The lowest BCUT2D eigenvalue weighted by atomic mass is 10.1. The highest BCUT2D eigenvalue weighted by Crippen LogP contribution is 2.31. The molecule has 0 radical (unpaired) electrons. The van der Waals surface area contributed by atoms with Gasteiger partial charge in [-0.05, 0) is 55.2 Å². The molecule has 0 bridgehead atoms. The monoisotopic (exact) mass is 439 g/mol. The minimum atomic E-state index is -3.74. The first-order chi connectivity index (χ1) is 14.9. The van der Waals surface area contributed by atoms with E-state index < -0.39 is 15.8 Å². The molecule has 7 nitrogen and oxygen atoms in total. The Labute approximate surface area is 179 Å². The van der Waals surface area contributed by atoms with Gasteiger partial charge in [-0.1, -0.05) is 12.1 Å². The maximum absolute atomic E-state index is 13.6. The molecule has 2 aromatic heterocycles. The molecule has 4 aromatic rings. The Morgan fingerprint density at radius 2 is 2.03 bits per heavy atom. The number of aromatic nitrogens is 4. The van der Waals surface area contributed by atoms with Crippen molar-refractivity contribution in [1.82, 2.24) is 24.3 Å². The molecular formula is C22H22FN5O2S. The maximum atomic E-state index is 13.6. The molecule has 0 amide bonds. The lowest BCUT2D eigenvalue weighted by Gasteiger charge is -2.21. The van der Waals surface area contributed by atoms with Gasteiger partial charge < -0.3 is 0 Å². The van der Waals surface area contributed by atoms with Crippen LogP contribution in [0.15, 0.2) is 66.0 Å². The molecule has 9 heteroatoms. The Morgan fingerprint density at radius 3 is 2.81 bits per heavy atom. The maximum Gasteiger partial charge on any atom is 0.243 e. The molecule has 0 spiro atoms. The van der Waals surface area contributed by atoms with Crippen molar-refractivity contribution in [2.45, 2.75) is 30.8 Å². The van der Waals surface area contributed by atoms with Crippen LogP contribution in [0.3, 0.4) is 0 Å². The molecule has 1 saturated heterocycles. The Balaban J connectivity index is 1.36. The van der Waals surface area contributed by atoms with Crippen molar-refractivity contribution in [3.8, 4) is 11.1 Å². The number of aromatic amines is 1. The Bertz CT molecular complexity index is 1330. The van der Waals surface area contributed by atoms with Gasteiger partial charge in [-0.3, -0.25) is 9.78 Å². The summed E-state index contributed by atoms with van der Waals surface area (Å²) in [5.74, 6) is -0.433. The van der Waals surface area contributed by atoms with Crippen LogP contribution in [0.1, 0.15) is 13.3 Å². The van der Waals surface area contributed by atoms with Gasteiger partial charge in [0.05, 0.1) is 22.8 Å². The minimum Gasteiger partial charge on any atom is -0.285 e. The third-order valence-corrected chi connectivity index (χ3v) is 7.89. The van der Waals surface area contributed by atoms with E-state index in [4.69, 9.17) is 0 Å². The number of benzene rings is 2. The van der Waals surface area contributed by atoms with Crippen LogP contribution in [0, 0.1) is 11.7 Å². The molecule has 31 heavy (non-hydrogen) atoms. The van der Waals surface area contributed by atoms with Crippen molar-refractivity contribution in [2.24, 2.45) is 5.92 Å². The summed E-state index contributed by atoms with van der Waals surface area (Å²) >= 11 is 0. The lowest BCUT2D eigenvalue weighted by molar-refractivity contribution is 0.396. The molecule has 1 aliphatic rings. The highest BCUT2D eigenvalue weighted by Gasteiger charge is 2.38. The number of sulfonamides is 1. The number of nitrogens with one attached hydrogen (secondary N) is 1. The molecule has 160 valence electrons. The van der Waals surface area contributed by atoms with Gasteiger partial charge in [-0.25, -0.2) is 12.8 Å². The van der Waals surface area contributed by atoms with E-state index in [1.54, 1.807) is 6.20 Å². The first-order valence-corrected chi connectivity index (χ1v) is 11.6. The average Bonchev–Trinajstić information content (AvgIpc) is 3.49. The van der Waals surface area contributed by atoms with Gasteiger partial charge in [0.15, 0.2) is 0 Å². The number of halogens is 1. The molecule has 1 unspecified atom stereocenters. The standard InChI is InChI=1S/C22H22FN5O2S/c1-15-7-16(14-28(15)31(29,30)21-4-2-3-20(23)9-21)13-27-22-6-5-17(8-18(22)12-26-27)19-10-24-25-11-19/h2-6,8-12,15-16H,7,13-14H2,1H3,(H,24,25)/t15-,16?/m1/s1. The predicted molar refractivity (Wildman–Crippen MR) is 115 cm³/mol. The molecular weight excluding hydrogens is 417 g/mol. The Morgan fingerprint density at radius 1 is 1.16 bits per heavy atom. The van der Waals surface area contributed by atoms with E-state index in [1.807, 2.05) is 36.1 Å². The van der Waals surface area contributed by atoms with Gasteiger partial charge in [-0.2, -0.15) is 14.5 Å². The van der Waals surface area contributed by atoms with Gasteiger partial charge in [0.2, 0.25) is 10.0 Å². The van der Waals surface area contributed by atoms with E-state index in [2.05, 4.69) is 21.4 Å². The first-order valence-electron chi connectivity index (χ1n) is 10.1. The SMILES string of the molecule is C[C@@H]1CC(Cn2ncc3cc(-c4cn[nH]c4)ccc32)CN1S(=O)(=O)c1cccc(F)c1. The van der Waals surface area contributed by atoms with Gasteiger partial charge >= 0.3 is 0 Å². The summed E-state index contributed by atoms with van der Waals surface area (Å²) in [6.07, 6.45) is 6.18. The zero-order chi connectivity index (χ0) is 21.6. The van der Waals surface area contributed by atoms with Gasteiger partial charge in [0, 0.05) is 36.3 Å². The van der Waals surface area contributed by atoms with E-state index >= 15 is 0 Å². The summed E-state index contributed by atoms with van der Waals surface area (Å²) in [5, 5.41) is 12.4. The quantitative estimate of drug-likeness (QED) is 0.514. The summed E-state index contributed by atoms with van der Waals surface area (Å²) in [6, 6.07) is 11.2. The lowest BCUT2D eigenvalue weighted by Crippen LogP contribution is -2.34. The molecule has 1 aliphatic heterocycles. The number of hydrogen-bond acceptors (Lipinski definition) is 4. The van der Waals surface area contributed by atoms with E-state index in [-0.39, 0.29) is 16.9 Å². The highest BCUT2D eigenvalue weighted by molar-refractivity contribution is 7.89. The summed E-state index contributed by atoms with van der Waals surface area (Å²) < 4.78 is 43.1. The van der Waals surface area contributed by atoms with Crippen molar-refractivity contribution in [1.29, 1.82) is 0 Å². The van der Waals surface area contributed by atoms with Crippen LogP contribution < -0.4 is 0 Å². The number of fused-ring (bicyclic) bond motifs is 1. The molecule has 2 aromatic carbocycles. The molecule has 1 fully saturated rings. The Hall–Kier alpha value is -3.04. The molecule has 2 atom stereocenters. The van der Waals surface area contributed by atoms with E-state index in [1.165, 1.54) is 22.5 Å². The molecule has 0 saturated carbocycles. The van der Waals surface area contributed by atoms with Crippen molar-refractivity contribution in [3.63, 3.8) is 0 Å². The number of rotatable bonds is 5. The zero-order valence-electron chi connectivity index (χ0n) is 16.9. The molecule has 1 N–H and O–H groups in total. The predicted octanol–water partition coefficient (Wildman–Crippen LogP) is 3.66.